The zero-order chi connectivity index (χ0) is 16.7. The normalized spacial score (nSPS) is 14.1. The highest BCUT2D eigenvalue weighted by atomic mass is 32.1. The van der Waals surface area contributed by atoms with Gasteiger partial charge in [0.15, 0.2) is 5.66 Å². The summed E-state index contributed by atoms with van der Waals surface area (Å²) < 4.78 is 4.62. The quantitative estimate of drug-likeness (QED) is 0.552. The van der Waals surface area contributed by atoms with Gasteiger partial charge in [-0.15, -0.1) is 23.7 Å². The number of esters is 1. The monoisotopic (exact) mass is 334 g/mol. The Morgan fingerprint density at radius 3 is 2.87 bits per heavy atom. The highest BCUT2D eigenvalue weighted by Gasteiger charge is 2.39. The lowest BCUT2D eigenvalue weighted by Crippen LogP contribution is -2.27. The van der Waals surface area contributed by atoms with Gasteiger partial charge in [-0.05, 0) is 0 Å². The fraction of sp³-hybridized carbons (Fsp3) is 0.533. The van der Waals surface area contributed by atoms with E-state index in [-0.39, 0.29) is 5.91 Å². The van der Waals surface area contributed by atoms with E-state index in [1.807, 2.05) is 0 Å². The molecule has 0 saturated carbocycles. The summed E-state index contributed by atoms with van der Waals surface area (Å²) in [6.07, 6.45) is 9.55. The predicted molar refractivity (Wildman–Crippen MR) is 85.1 cm³/mol. The van der Waals surface area contributed by atoms with E-state index in [1.165, 1.54) is 24.6 Å². The molecule has 1 aliphatic rings. The molecule has 0 saturated heterocycles. The number of carbonyl (C=O) groups excluding carboxylic acids is 2. The standard InChI is InChI=1S/C15H18N4O3S/c1-3-4-7-15(18-19-15)8-5-12(20)16-9-6-13-17-10-11(23-13)14(21)22-2/h1,10H,4-9H2,2H3,(H,16,20). The summed E-state index contributed by atoms with van der Waals surface area (Å²) in [7, 11) is 1.33. The molecular weight excluding hydrogens is 316 g/mol. The first-order valence-corrected chi connectivity index (χ1v) is 8.07. The van der Waals surface area contributed by atoms with Crippen LogP contribution in [0, 0.1) is 12.3 Å². The van der Waals surface area contributed by atoms with Crippen molar-refractivity contribution in [3.05, 3.63) is 16.1 Å². The lowest BCUT2D eigenvalue weighted by molar-refractivity contribution is -0.121. The summed E-state index contributed by atoms with van der Waals surface area (Å²) in [5.41, 5.74) is -0.422. The fourth-order valence-corrected chi connectivity index (χ4v) is 2.84. The van der Waals surface area contributed by atoms with Gasteiger partial charge in [0, 0.05) is 38.6 Å². The summed E-state index contributed by atoms with van der Waals surface area (Å²) in [6.45, 7) is 0.471. The first kappa shape index (κ1) is 17.1. The largest absolute Gasteiger partial charge is 0.465 e. The van der Waals surface area contributed by atoms with Gasteiger partial charge in [0.1, 0.15) is 4.88 Å². The Hall–Kier alpha value is -2.27. The third-order valence-electron chi connectivity index (χ3n) is 3.41. The minimum Gasteiger partial charge on any atom is -0.465 e. The topological polar surface area (TPSA) is 93.0 Å². The molecule has 2 rings (SSSR count). The van der Waals surface area contributed by atoms with Gasteiger partial charge in [-0.25, -0.2) is 9.78 Å². The van der Waals surface area contributed by atoms with Gasteiger partial charge in [-0.2, -0.15) is 10.2 Å². The van der Waals surface area contributed by atoms with Crippen LogP contribution >= 0.6 is 11.3 Å². The number of aromatic nitrogens is 1. The van der Waals surface area contributed by atoms with Crippen LogP contribution < -0.4 is 5.32 Å². The average Bonchev–Trinajstić information content (AvgIpc) is 3.18. The van der Waals surface area contributed by atoms with Crippen LogP contribution in [0.4, 0.5) is 0 Å². The Balaban J connectivity index is 1.64. The van der Waals surface area contributed by atoms with Gasteiger partial charge >= 0.3 is 5.97 Å². The SMILES string of the molecule is C#CCCC1(CCC(=O)NCCc2ncc(C(=O)OC)s2)N=N1. The number of rotatable bonds is 9. The van der Waals surface area contributed by atoms with E-state index in [1.54, 1.807) is 0 Å². The molecule has 0 fully saturated rings. The summed E-state index contributed by atoms with van der Waals surface area (Å²) >= 11 is 1.27. The van der Waals surface area contributed by atoms with Gasteiger partial charge in [0.25, 0.3) is 0 Å². The number of hydrogen-bond donors (Lipinski definition) is 1. The second-order valence-corrected chi connectivity index (χ2v) is 6.21. The second-order valence-electron chi connectivity index (χ2n) is 5.10. The van der Waals surface area contributed by atoms with Crippen LogP contribution in [0.2, 0.25) is 0 Å². The molecular formula is C15H18N4O3S. The zero-order valence-corrected chi connectivity index (χ0v) is 13.7. The van der Waals surface area contributed by atoms with Crippen molar-refractivity contribution < 1.29 is 14.3 Å². The maximum atomic E-state index is 11.8. The minimum atomic E-state index is -0.422. The molecule has 0 radical (unpaired) electrons. The molecule has 0 aromatic carbocycles. The molecule has 0 aliphatic carbocycles. The molecule has 1 aromatic heterocycles. The maximum Gasteiger partial charge on any atom is 0.349 e. The third-order valence-corrected chi connectivity index (χ3v) is 4.44. The van der Waals surface area contributed by atoms with Crippen molar-refractivity contribution in [2.75, 3.05) is 13.7 Å². The number of terminal acetylenes is 1. The Morgan fingerprint density at radius 1 is 1.43 bits per heavy atom. The summed E-state index contributed by atoms with van der Waals surface area (Å²) in [6, 6.07) is 0. The lowest BCUT2D eigenvalue weighted by atomic mass is 10.0. The molecule has 8 heteroatoms. The van der Waals surface area contributed by atoms with Crippen LogP contribution in [0.1, 0.15) is 40.4 Å². The first-order valence-electron chi connectivity index (χ1n) is 7.26. The summed E-state index contributed by atoms with van der Waals surface area (Å²) in [5.74, 6) is 2.11. The molecule has 23 heavy (non-hydrogen) atoms. The summed E-state index contributed by atoms with van der Waals surface area (Å²) in [5, 5.41) is 11.6. The Labute approximate surface area is 138 Å². The number of nitrogens with zero attached hydrogens (tertiary/aromatic N) is 3. The molecule has 2 heterocycles. The van der Waals surface area contributed by atoms with Gasteiger partial charge < -0.3 is 10.1 Å². The van der Waals surface area contributed by atoms with Crippen molar-refractivity contribution in [1.29, 1.82) is 0 Å². The highest BCUT2D eigenvalue weighted by Crippen LogP contribution is 2.37. The van der Waals surface area contributed by atoms with Crippen molar-refractivity contribution in [2.24, 2.45) is 10.2 Å². The van der Waals surface area contributed by atoms with E-state index < -0.39 is 11.6 Å². The highest BCUT2D eigenvalue weighted by molar-refractivity contribution is 7.13. The van der Waals surface area contributed by atoms with Crippen LogP contribution in [0.25, 0.3) is 0 Å². The Morgan fingerprint density at radius 2 is 2.22 bits per heavy atom. The van der Waals surface area contributed by atoms with Crippen molar-refractivity contribution in [2.45, 2.75) is 37.8 Å². The van der Waals surface area contributed by atoms with E-state index in [2.05, 4.69) is 31.2 Å². The van der Waals surface area contributed by atoms with Crippen LogP contribution in [0.5, 0.6) is 0 Å². The van der Waals surface area contributed by atoms with Gasteiger partial charge in [0.2, 0.25) is 5.91 Å². The number of ether oxygens (including phenoxy) is 1. The number of hydrogen-bond acceptors (Lipinski definition) is 7. The van der Waals surface area contributed by atoms with Crippen LogP contribution in [-0.2, 0) is 16.0 Å². The van der Waals surface area contributed by atoms with Crippen LogP contribution in [0.3, 0.4) is 0 Å². The molecule has 122 valence electrons. The smallest absolute Gasteiger partial charge is 0.349 e. The molecule has 1 amide bonds. The maximum absolute atomic E-state index is 11.8. The second kappa shape index (κ2) is 7.83. The van der Waals surface area contributed by atoms with E-state index >= 15 is 0 Å². The van der Waals surface area contributed by atoms with Gasteiger partial charge in [0.05, 0.1) is 18.3 Å². The van der Waals surface area contributed by atoms with E-state index in [9.17, 15) is 9.59 Å². The molecule has 0 bridgehead atoms. The number of amides is 1. The zero-order valence-electron chi connectivity index (χ0n) is 12.9. The molecule has 1 aromatic rings. The first-order chi connectivity index (χ1) is 11.1. The fourth-order valence-electron chi connectivity index (χ4n) is 2.00. The molecule has 0 unspecified atom stereocenters. The van der Waals surface area contributed by atoms with E-state index in [0.29, 0.717) is 43.5 Å². The number of methoxy groups -OCH3 is 1. The van der Waals surface area contributed by atoms with Gasteiger partial charge in [-0.1, -0.05) is 0 Å². The predicted octanol–water partition coefficient (Wildman–Crippen LogP) is 1.94. The van der Waals surface area contributed by atoms with Crippen molar-refractivity contribution in [3.8, 4) is 12.3 Å². The van der Waals surface area contributed by atoms with Crippen molar-refractivity contribution >= 4 is 23.2 Å². The number of nitrogens with one attached hydrogen (secondary N) is 1. The Kier molecular flexibility index (Phi) is 5.82. The molecule has 7 nitrogen and oxygen atoms in total. The summed E-state index contributed by atoms with van der Waals surface area (Å²) in [4.78, 5) is 27.7. The molecule has 1 N–H and O–H groups in total. The van der Waals surface area contributed by atoms with Crippen LogP contribution in [0.15, 0.2) is 16.4 Å². The number of thiazole rings is 1. The lowest BCUT2D eigenvalue weighted by Gasteiger charge is -2.08. The molecule has 0 spiro atoms. The molecule has 0 atom stereocenters. The van der Waals surface area contributed by atoms with Crippen molar-refractivity contribution in [1.82, 2.24) is 10.3 Å². The van der Waals surface area contributed by atoms with E-state index in [0.717, 1.165) is 5.01 Å². The number of carbonyl (C=O) groups is 2. The van der Waals surface area contributed by atoms with Crippen LogP contribution in [-0.4, -0.2) is 36.2 Å². The van der Waals surface area contributed by atoms with Gasteiger partial charge in [-0.3, -0.25) is 4.79 Å². The minimum absolute atomic E-state index is 0.0490. The molecule has 1 aliphatic heterocycles. The van der Waals surface area contributed by atoms with Crippen molar-refractivity contribution in [3.63, 3.8) is 0 Å². The average molecular weight is 334 g/mol. The van der Waals surface area contributed by atoms with E-state index in [4.69, 9.17) is 6.42 Å². The third kappa shape index (κ3) is 5.14. The Bertz CT molecular complexity index is 641.